The average molecular weight is 240 g/mol. The van der Waals surface area contributed by atoms with Gasteiger partial charge in [-0.1, -0.05) is 46.0 Å². The lowest BCUT2D eigenvalue weighted by molar-refractivity contribution is 0.120. The molecule has 17 heavy (non-hydrogen) atoms. The van der Waals surface area contributed by atoms with Crippen LogP contribution in [0.1, 0.15) is 65.2 Å². The van der Waals surface area contributed by atoms with Gasteiger partial charge in [-0.25, -0.2) is 0 Å². The summed E-state index contributed by atoms with van der Waals surface area (Å²) in [5.41, 5.74) is 5.88. The van der Waals surface area contributed by atoms with Crippen molar-refractivity contribution in [2.24, 2.45) is 11.7 Å². The summed E-state index contributed by atoms with van der Waals surface area (Å²) in [6.45, 7) is 8.05. The highest BCUT2D eigenvalue weighted by atomic mass is 15.2. The number of nitrogens with zero attached hydrogens (tertiary/aromatic N) is 1. The van der Waals surface area contributed by atoms with Crippen molar-refractivity contribution in [1.82, 2.24) is 4.90 Å². The van der Waals surface area contributed by atoms with Gasteiger partial charge in [0.2, 0.25) is 0 Å². The lowest BCUT2D eigenvalue weighted by Gasteiger charge is -2.38. The van der Waals surface area contributed by atoms with Crippen LogP contribution >= 0.6 is 0 Å². The highest BCUT2D eigenvalue weighted by Gasteiger charge is 2.24. The third-order valence-electron chi connectivity index (χ3n) is 4.17. The normalized spacial score (nSPS) is 26.3. The molecule has 1 saturated heterocycles. The largest absolute Gasteiger partial charge is 0.329 e. The summed E-state index contributed by atoms with van der Waals surface area (Å²) in [5, 5.41) is 0. The van der Waals surface area contributed by atoms with Crippen molar-refractivity contribution in [2.45, 2.75) is 71.3 Å². The first-order chi connectivity index (χ1) is 8.27. The van der Waals surface area contributed by atoms with Crippen LogP contribution in [-0.2, 0) is 0 Å². The Morgan fingerprint density at radius 2 is 1.82 bits per heavy atom. The molecule has 0 bridgehead atoms. The van der Waals surface area contributed by atoms with Gasteiger partial charge in [0.25, 0.3) is 0 Å². The molecule has 102 valence electrons. The average Bonchev–Trinajstić information content (AvgIpc) is 2.35. The quantitative estimate of drug-likeness (QED) is 0.659. The van der Waals surface area contributed by atoms with E-state index in [1.54, 1.807) is 0 Å². The Bertz CT molecular complexity index is 182. The zero-order chi connectivity index (χ0) is 12.5. The topological polar surface area (TPSA) is 29.3 Å². The lowest BCUT2D eigenvalue weighted by Crippen LogP contribution is -2.46. The van der Waals surface area contributed by atoms with Crippen LogP contribution in [0.5, 0.6) is 0 Å². The Morgan fingerprint density at radius 1 is 1.12 bits per heavy atom. The maximum Gasteiger partial charge on any atom is 0.0220 e. The second-order valence-corrected chi connectivity index (χ2v) is 5.82. The molecule has 0 amide bonds. The molecule has 0 radical (unpaired) electrons. The van der Waals surface area contributed by atoms with E-state index in [0.717, 1.165) is 12.5 Å². The first kappa shape index (κ1) is 15.0. The molecule has 0 aromatic heterocycles. The maximum absolute atomic E-state index is 5.88. The van der Waals surface area contributed by atoms with Crippen LogP contribution < -0.4 is 5.73 Å². The van der Waals surface area contributed by atoms with Gasteiger partial charge in [0.1, 0.15) is 0 Å². The van der Waals surface area contributed by atoms with E-state index < -0.39 is 0 Å². The Balaban J connectivity index is 2.08. The van der Waals surface area contributed by atoms with Gasteiger partial charge in [-0.15, -0.1) is 0 Å². The maximum atomic E-state index is 5.88. The van der Waals surface area contributed by atoms with Crippen LogP contribution in [-0.4, -0.2) is 30.6 Å². The summed E-state index contributed by atoms with van der Waals surface area (Å²) in [6.07, 6.45) is 11.1. The van der Waals surface area contributed by atoms with E-state index in [0.29, 0.717) is 6.04 Å². The number of hydrogen-bond donors (Lipinski definition) is 1. The first-order valence-corrected chi connectivity index (χ1v) is 7.72. The summed E-state index contributed by atoms with van der Waals surface area (Å²) in [4.78, 5) is 2.64. The number of rotatable bonds is 8. The predicted molar refractivity (Wildman–Crippen MR) is 76.2 cm³/mol. The standard InChI is InChI=1S/C15H32N2/c1-3-4-5-6-7-8-10-17-11-9-14(2)12-15(17)13-16/h14-15H,3-13,16H2,1-2H3. The molecule has 1 rings (SSSR count). The molecule has 1 fully saturated rings. The van der Waals surface area contributed by atoms with Gasteiger partial charge in [0, 0.05) is 12.6 Å². The minimum Gasteiger partial charge on any atom is -0.329 e. The molecule has 0 spiro atoms. The van der Waals surface area contributed by atoms with Crippen LogP contribution in [0, 0.1) is 5.92 Å². The van der Waals surface area contributed by atoms with Crippen LogP contribution in [0.15, 0.2) is 0 Å². The molecular weight excluding hydrogens is 208 g/mol. The van der Waals surface area contributed by atoms with E-state index in [1.165, 1.54) is 64.5 Å². The van der Waals surface area contributed by atoms with E-state index >= 15 is 0 Å². The smallest absolute Gasteiger partial charge is 0.0220 e. The van der Waals surface area contributed by atoms with Gasteiger partial charge in [0.15, 0.2) is 0 Å². The molecule has 2 N–H and O–H groups in total. The summed E-state index contributed by atoms with van der Waals surface area (Å²) in [6, 6.07) is 0.661. The lowest BCUT2D eigenvalue weighted by atomic mass is 9.92. The summed E-state index contributed by atoms with van der Waals surface area (Å²) < 4.78 is 0. The fraction of sp³-hybridized carbons (Fsp3) is 1.00. The van der Waals surface area contributed by atoms with Crippen molar-refractivity contribution in [3.05, 3.63) is 0 Å². The molecule has 1 aliphatic rings. The Morgan fingerprint density at radius 3 is 2.53 bits per heavy atom. The summed E-state index contributed by atoms with van der Waals surface area (Å²) in [7, 11) is 0. The molecule has 0 aromatic rings. The van der Waals surface area contributed by atoms with Crippen molar-refractivity contribution in [1.29, 1.82) is 0 Å². The number of nitrogens with two attached hydrogens (primary N) is 1. The SMILES string of the molecule is CCCCCCCCN1CCC(C)CC1CN. The van der Waals surface area contributed by atoms with Crippen molar-refractivity contribution < 1.29 is 0 Å². The highest BCUT2D eigenvalue weighted by Crippen LogP contribution is 2.22. The van der Waals surface area contributed by atoms with E-state index in [9.17, 15) is 0 Å². The van der Waals surface area contributed by atoms with Crippen molar-refractivity contribution in [2.75, 3.05) is 19.6 Å². The van der Waals surface area contributed by atoms with E-state index in [-0.39, 0.29) is 0 Å². The number of hydrogen-bond acceptors (Lipinski definition) is 2. The fourth-order valence-electron chi connectivity index (χ4n) is 2.94. The van der Waals surface area contributed by atoms with E-state index in [4.69, 9.17) is 5.73 Å². The van der Waals surface area contributed by atoms with Crippen LogP contribution in [0.2, 0.25) is 0 Å². The van der Waals surface area contributed by atoms with Crippen molar-refractivity contribution >= 4 is 0 Å². The molecule has 1 aliphatic heterocycles. The summed E-state index contributed by atoms with van der Waals surface area (Å²) >= 11 is 0. The second-order valence-electron chi connectivity index (χ2n) is 5.82. The highest BCUT2D eigenvalue weighted by molar-refractivity contribution is 4.80. The number of piperidine rings is 1. The molecule has 2 nitrogen and oxygen atoms in total. The van der Waals surface area contributed by atoms with E-state index in [2.05, 4.69) is 18.7 Å². The van der Waals surface area contributed by atoms with Crippen molar-refractivity contribution in [3.8, 4) is 0 Å². The van der Waals surface area contributed by atoms with Crippen molar-refractivity contribution in [3.63, 3.8) is 0 Å². The van der Waals surface area contributed by atoms with Gasteiger partial charge in [0.05, 0.1) is 0 Å². The van der Waals surface area contributed by atoms with Gasteiger partial charge in [-0.3, -0.25) is 4.90 Å². The molecule has 0 aromatic carbocycles. The van der Waals surface area contributed by atoms with Crippen LogP contribution in [0.4, 0.5) is 0 Å². The zero-order valence-corrected chi connectivity index (χ0v) is 12.0. The first-order valence-electron chi connectivity index (χ1n) is 7.72. The third-order valence-corrected chi connectivity index (χ3v) is 4.17. The number of likely N-dealkylation sites (tertiary alicyclic amines) is 1. The third kappa shape index (κ3) is 5.87. The zero-order valence-electron chi connectivity index (χ0n) is 12.0. The van der Waals surface area contributed by atoms with Crippen LogP contribution in [0.3, 0.4) is 0 Å². The molecule has 1 heterocycles. The molecule has 2 atom stereocenters. The monoisotopic (exact) mass is 240 g/mol. The molecule has 2 unspecified atom stereocenters. The Kier molecular flexibility index (Phi) is 7.87. The molecule has 2 heteroatoms. The second kappa shape index (κ2) is 8.93. The summed E-state index contributed by atoms with van der Waals surface area (Å²) in [5.74, 6) is 0.879. The Hall–Kier alpha value is -0.0800. The molecule has 0 aliphatic carbocycles. The predicted octanol–water partition coefficient (Wildman–Crippen LogP) is 3.41. The Labute approximate surface area is 108 Å². The van der Waals surface area contributed by atoms with Gasteiger partial charge in [-0.05, 0) is 38.3 Å². The molecular formula is C15H32N2. The molecule has 0 saturated carbocycles. The number of unbranched alkanes of at least 4 members (excludes halogenated alkanes) is 5. The van der Waals surface area contributed by atoms with Gasteiger partial charge in [-0.2, -0.15) is 0 Å². The fourth-order valence-corrected chi connectivity index (χ4v) is 2.94. The van der Waals surface area contributed by atoms with Crippen LogP contribution in [0.25, 0.3) is 0 Å². The minimum absolute atomic E-state index is 0.661. The van der Waals surface area contributed by atoms with Gasteiger partial charge < -0.3 is 5.73 Å². The van der Waals surface area contributed by atoms with Gasteiger partial charge >= 0.3 is 0 Å². The minimum atomic E-state index is 0.661. The van der Waals surface area contributed by atoms with E-state index in [1.807, 2.05) is 0 Å².